The van der Waals surface area contributed by atoms with Gasteiger partial charge in [-0.1, -0.05) is 11.6 Å². The van der Waals surface area contributed by atoms with Crippen molar-refractivity contribution < 1.29 is 13.9 Å². The fourth-order valence-corrected chi connectivity index (χ4v) is 3.63. The number of benzene rings is 1. The predicted molar refractivity (Wildman–Crippen MR) is 96.6 cm³/mol. The van der Waals surface area contributed by atoms with Crippen molar-refractivity contribution >= 4 is 29.3 Å². The summed E-state index contributed by atoms with van der Waals surface area (Å²) in [6, 6.07) is 7.89. The lowest BCUT2D eigenvalue weighted by atomic mass is 10.1. The first-order valence-electron chi connectivity index (χ1n) is 8.04. The molecule has 132 valence electrons. The SMILES string of the molecule is O=C(CSc1ccc(F)cc1)N1CCCC(Oc2ccncc2Cl)C1. The van der Waals surface area contributed by atoms with Crippen LogP contribution in [0.5, 0.6) is 5.75 Å². The maximum Gasteiger partial charge on any atom is 0.233 e. The molecule has 25 heavy (non-hydrogen) atoms. The van der Waals surface area contributed by atoms with Crippen molar-refractivity contribution in [2.24, 2.45) is 0 Å². The molecule has 0 aliphatic carbocycles. The Morgan fingerprint density at radius 2 is 2.16 bits per heavy atom. The summed E-state index contributed by atoms with van der Waals surface area (Å²) in [6.45, 7) is 1.27. The zero-order chi connectivity index (χ0) is 17.6. The summed E-state index contributed by atoms with van der Waals surface area (Å²) in [5, 5.41) is 0.470. The number of hydrogen-bond donors (Lipinski definition) is 0. The third-order valence-electron chi connectivity index (χ3n) is 3.94. The van der Waals surface area contributed by atoms with Gasteiger partial charge in [-0.15, -0.1) is 11.8 Å². The Morgan fingerprint density at radius 1 is 1.36 bits per heavy atom. The molecule has 1 fully saturated rings. The fraction of sp³-hybridized carbons (Fsp3) is 0.333. The molecule has 0 radical (unpaired) electrons. The minimum absolute atomic E-state index is 0.0588. The van der Waals surface area contributed by atoms with Crippen LogP contribution < -0.4 is 4.74 Å². The molecule has 4 nitrogen and oxygen atoms in total. The summed E-state index contributed by atoms with van der Waals surface area (Å²) in [5.74, 6) is 0.704. The van der Waals surface area contributed by atoms with Crippen LogP contribution in [-0.4, -0.2) is 40.7 Å². The second-order valence-electron chi connectivity index (χ2n) is 5.77. The van der Waals surface area contributed by atoms with Gasteiger partial charge in [-0.3, -0.25) is 9.78 Å². The number of halogens is 2. The maximum absolute atomic E-state index is 12.9. The van der Waals surface area contributed by atoms with Gasteiger partial charge in [-0.25, -0.2) is 4.39 Å². The third-order valence-corrected chi connectivity index (χ3v) is 5.22. The van der Waals surface area contributed by atoms with Crippen LogP contribution in [0.2, 0.25) is 5.02 Å². The number of piperidine rings is 1. The molecule has 1 atom stereocenters. The van der Waals surface area contributed by atoms with E-state index in [0.29, 0.717) is 23.1 Å². The molecule has 1 aromatic carbocycles. The summed E-state index contributed by atoms with van der Waals surface area (Å²) >= 11 is 7.48. The van der Waals surface area contributed by atoms with Gasteiger partial charge in [0.1, 0.15) is 22.7 Å². The smallest absolute Gasteiger partial charge is 0.233 e. The molecule has 0 bridgehead atoms. The Morgan fingerprint density at radius 3 is 2.92 bits per heavy atom. The van der Waals surface area contributed by atoms with Crippen molar-refractivity contribution in [2.45, 2.75) is 23.8 Å². The molecule has 1 aliphatic heterocycles. The zero-order valence-corrected chi connectivity index (χ0v) is 15.1. The molecule has 7 heteroatoms. The van der Waals surface area contributed by atoms with Gasteiger partial charge >= 0.3 is 0 Å². The predicted octanol–water partition coefficient (Wildman–Crippen LogP) is 4.04. The highest BCUT2D eigenvalue weighted by atomic mass is 35.5. The number of amides is 1. The fourth-order valence-electron chi connectivity index (χ4n) is 2.67. The van der Waals surface area contributed by atoms with Crippen LogP contribution in [0.1, 0.15) is 12.8 Å². The molecule has 0 N–H and O–H groups in total. The van der Waals surface area contributed by atoms with Crippen LogP contribution >= 0.6 is 23.4 Å². The molecule has 1 saturated heterocycles. The molecular weight excluding hydrogens is 363 g/mol. The number of pyridine rings is 1. The largest absolute Gasteiger partial charge is 0.487 e. The number of rotatable bonds is 5. The molecule has 0 spiro atoms. The van der Waals surface area contributed by atoms with E-state index in [2.05, 4.69) is 4.98 Å². The monoisotopic (exact) mass is 380 g/mol. The first kappa shape index (κ1) is 18.0. The van der Waals surface area contributed by atoms with Crippen LogP contribution in [0.25, 0.3) is 0 Å². The third kappa shape index (κ3) is 5.09. The lowest BCUT2D eigenvalue weighted by molar-refractivity contribution is -0.130. The second-order valence-corrected chi connectivity index (χ2v) is 7.23. The normalized spacial score (nSPS) is 17.4. The van der Waals surface area contributed by atoms with Gasteiger partial charge in [-0.05, 0) is 37.1 Å². The molecule has 1 amide bonds. The molecule has 0 saturated carbocycles. The highest BCUT2D eigenvalue weighted by Gasteiger charge is 2.25. The molecule has 1 aromatic heterocycles. The first-order valence-corrected chi connectivity index (χ1v) is 9.40. The molecule has 1 aliphatic rings. The summed E-state index contributed by atoms with van der Waals surface area (Å²) in [4.78, 5) is 19.1. The van der Waals surface area contributed by atoms with E-state index in [1.807, 2.05) is 4.90 Å². The van der Waals surface area contributed by atoms with E-state index in [1.165, 1.54) is 23.9 Å². The molecule has 1 unspecified atom stereocenters. The number of ether oxygens (including phenoxy) is 1. The van der Waals surface area contributed by atoms with Crippen molar-refractivity contribution in [3.8, 4) is 5.75 Å². The van der Waals surface area contributed by atoms with Crippen LogP contribution in [0.4, 0.5) is 4.39 Å². The van der Waals surface area contributed by atoms with Crippen molar-refractivity contribution in [1.29, 1.82) is 0 Å². The van der Waals surface area contributed by atoms with Gasteiger partial charge < -0.3 is 9.64 Å². The van der Waals surface area contributed by atoms with Gasteiger partial charge in [0.25, 0.3) is 0 Å². The summed E-state index contributed by atoms with van der Waals surface area (Å²) < 4.78 is 18.8. The van der Waals surface area contributed by atoms with Gasteiger partial charge in [-0.2, -0.15) is 0 Å². The first-order chi connectivity index (χ1) is 12.1. The number of hydrogen-bond acceptors (Lipinski definition) is 4. The highest BCUT2D eigenvalue weighted by molar-refractivity contribution is 8.00. The number of likely N-dealkylation sites (tertiary alicyclic amines) is 1. The zero-order valence-electron chi connectivity index (χ0n) is 13.5. The van der Waals surface area contributed by atoms with Gasteiger partial charge in [0.2, 0.25) is 5.91 Å². The lowest BCUT2D eigenvalue weighted by Gasteiger charge is -2.33. The van der Waals surface area contributed by atoms with Crippen molar-refractivity contribution in [1.82, 2.24) is 9.88 Å². The number of carbonyl (C=O) groups is 1. The minimum Gasteiger partial charge on any atom is -0.487 e. The quantitative estimate of drug-likeness (QED) is 0.734. The van der Waals surface area contributed by atoms with E-state index in [0.717, 1.165) is 24.3 Å². The highest BCUT2D eigenvalue weighted by Crippen LogP contribution is 2.26. The van der Waals surface area contributed by atoms with Gasteiger partial charge in [0.05, 0.1) is 12.3 Å². The Balaban J connectivity index is 1.52. The number of nitrogens with zero attached hydrogens (tertiary/aromatic N) is 2. The molecule has 2 aromatic rings. The standard InChI is InChI=1S/C18H18ClFN2O2S/c19-16-10-21-8-7-17(16)24-14-2-1-9-22(11-14)18(23)12-25-15-5-3-13(20)4-6-15/h3-8,10,14H,1-2,9,11-12H2. The maximum atomic E-state index is 12.9. The van der Waals surface area contributed by atoms with Gasteiger partial charge in [0.15, 0.2) is 0 Å². The van der Waals surface area contributed by atoms with Crippen LogP contribution in [0.3, 0.4) is 0 Å². The van der Waals surface area contributed by atoms with E-state index >= 15 is 0 Å². The summed E-state index contributed by atoms with van der Waals surface area (Å²) in [7, 11) is 0. The Labute approximate surface area is 155 Å². The van der Waals surface area contributed by atoms with E-state index in [-0.39, 0.29) is 17.8 Å². The minimum atomic E-state index is -0.276. The van der Waals surface area contributed by atoms with E-state index < -0.39 is 0 Å². The average Bonchev–Trinajstić information content (AvgIpc) is 2.63. The topological polar surface area (TPSA) is 42.4 Å². The van der Waals surface area contributed by atoms with E-state index in [4.69, 9.17) is 16.3 Å². The summed E-state index contributed by atoms with van der Waals surface area (Å²) in [6.07, 6.45) is 4.87. The molecule has 2 heterocycles. The number of thioether (sulfide) groups is 1. The van der Waals surface area contributed by atoms with E-state index in [1.54, 1.807) is 30.6 Å². The Bertz CT molecular complexity index is 729. The van der Waals surface area contributed by atoms with Crippen molar-refractivity contribution in [3.05, 3.63) is 53.6 Å². The van der Waals surface area contributed by atoms with Crippen molar-refractivity contribution in [2.75, 3.05) is 18.8 Å². The average molecular weight is 381 g/mol. The lowest BCUT2D eigenvalue weighted by Crippen LogP contribution is -2.45. The Hall–Kier alpha value is -1.79. The van der Waals surface area contributed by atoms with Crippen LogP contribution in [-0.2, 0) is 4.79 Å². The van der Waals surface area contributed by atoms with E-state index in [9.17, 15) is 9.18 Å². The molecule has 3 rings (SSSR count). The van der Waals surface area contributed by atoms with Crippen molar-refractivity contribution in [3.63, 3.8) is 0 Å². The molecular formula is C18H18ClFN2O2S. The van der Waals surface area contributed by atoms with Crippen LogP contribution in [0.15, 0.2) is 47.6 Å². The number of carbonyl (C=O) groups excluding carboxylic acids is 1. The number of aromatic nitrogens is 1. The Kier molecular flexibility index (Phi) is 6.15. The van der Waals surface area contributed by atoms with Crippen LogP contribution in [0, 0.1) is 5.82 Å². The summed E-state index contributed by atoms with van der Waals surface area (Å²) in [5.41, 5.74) is 0. The van der Waals surface area contributed by atoms with Gasteiger partial charge in [0, 0.05) is 29.9 Å². The second kappa shape index (κ2) is 8.54.